The monoisotopic (exact) mass is 171 g/mol. The molecule has 0 amide bonds. The fourth-order valence-corrected chi connectivity index (χ4v) is 1.51. The van der Waals surface area contributed by atoms with Crippen molar-refractivity contribution in [1.82, 2.24) is 4.90 Å². The normalized spacial score (nSPS) is 28.2. The molecule has 1 saturated heterocycles. The summed E-state index contributed by atoms with van der Waals surface area (Å²) in [6.07, 6.45) is 0. The summed E-state index contributed by atoms with van der Waals surface area (Å²) in [7, 11) is 1.58. The van der Waals surface area contributed by atoms with Crippen LogP contribution in [0.4, 0.5) is 0 Å². The Morgan fingerprint density at radius 2 is 2.50 bits per heavy atom. The fourth-order valence-electron chi connectivity index (χ4n) is 1.51. The molecule has 1 unspecified atom stereocenters. The Bertz CT molecular complexity index is 170. The molecule has 1 aliphatic heterocycles. The minimum Gasteiger partial charge on any atom is -0.399 e. The van der Waals surface area contributed by atoms with Crippen LogP contribution in [-0.4, -0.2) is 43.9 Å². The maximum absolute atomic E-state index is 5.61. The maximum Gasteiger partial charge on any atom is 0.106 e. The molecule has 1 heterocycles. The van der Waals surface area contributed by atoms with Gasteiger partial charge in [0.05, 0.1) is 5.71 Å². The lowest BCUT2D eigenvalue weighted by Gasteiger charge is -2.09. The van der Waals surface area contributed by atoms with Crippen LogP contribution in [0.2, 0.25) is 0 Å². The van der Waals surface area contributed by atoms with Crippen molar-refractivity contribution in [3.63, 3.8) is 0 Å². The maximum atomic E-state index is 5.61. The predicted molar refractivity (Wildman–Crippen MR) is 49.1 cm³/mol. The van der Waals surface area contributed by atoms with Gasteiger partial charge in [-0.15, -0.1) is 0 Å². The average molecular weight is 171 g/mol. The van der Waals surface area contributed by atoms with Crippen molar-refractivity contribution < 1.29 is 4.84 Å². The fraction of sp³-hybridized carbons (Fsp3) is 0.875. The van der Waals surface area contributed by atoms with E-state index < -0.39 is 0 Å². The molecule has 1 aliphatic rings. The lowest BCUT2D eigenvalue weighted by Crippen LogP contribution is -2.23. The summed E-state index contributed by atoms with van der Waals surface area (Å²) in [6, 6.07) is 0. The number of nitrogens with zero attached hydrogens (tertiary/aromatic N) is 2. The van der Waals surface area contributed by atoms with E-state index in [9.17, 15) is 0 Å². The molecule has 1 atom stereocenters. The molecule has 0 radical (unpaired) electrons. The molecule has 2 N–H and O–H groups in total. The SMILES string of the molecule is CCN1C/C(=N\OC)C(CN)C1. The van der Waals surface area contributed by atoms with Gasteiger partial charge in [-0.05, 0) is 6.54 Å². The molecule has 0 aromatic heterocycles. The first-order valence-electron chi connectivity index (χ1n) is 4.34. The third kappa shape index (κ3) is 1.95. The first kappa shape index (κ1) is 9.48. The number of rotatable bonds is 3. The largest absolute Gasteiger partial charge is 0.399 e. The Morgan fingerprint density at radius 1 is 1.75 bits per heavy atom. The zero-order valence-corrected chi connectivity index (χ0v) is 7.79. The van der Waals surface area contributed by atoms with Crippen LogP contribution in [0.3, 0.4) is 0 Å². The summed E-state index contributed by atoms with van der Waals surface area (Å²) in [5, 5.41) is 3.97. The second kappa shape index (κ2) is 4.42. The highest BCUT2D eigenvalue weighted by atomic mass is 16.6. The summed E-state index contributed by atoms with van der Waals surface area (Å²) >= 11 is 0. The van der Waals surface area contributed by atoms with Crippen LogP contribution in [0, 0.1) is 5.92 Å². The van der Waals surface area contributed by atoms with Gasteiger partial charge < -0.3 is 10.6 Å². The summed E-state index contributed by atoms with van der Waals surface area (Å²) in [4.78, 5) is 7.07. The first-order chi connectivity index (χ1) is 5.81. The highest BCUT2D eigenvalue weighted by Crippen LogP contribution is 2.12. The van der Waals surface area contributed by atoms with E-state index in [0.717, 1.165) is 25.3 Å². The van der Waals surface area contributed by atoms with E-state index in [1.807, 2.05) is 0 Å². The van der Waals surface area contributed by atoms with Gasteiger partial charge in [-0.3, -0.25) is 4.90 Å². The van der Waals surface area contributed by atoms with Gasteiger partial charge in [-0.2, -0.15) is 0 Å². The highest BCUT2D eigenvalue weighted by Gasteiger charge is 2.27. The van der Waals surface area contributed by atoms with Crippen molar-refractivity contribution in [3.8, 4) is 0 Å². The molecule has 4 nitrogen and oxygen atoms in total. The van der Waals surface area contributed by atoms with Crippen LogP contribution in [0.5, 0.6) is 0 Å². The average Bonchev–Trinajstić information content (AvgIpc) is 2.48. The van der Waals surface area contributed by atoms with E-state index in [0.29, 0.717) is 12.5 Å². The molecule has 0 aromatic carbocycles. The van der Waals surface area contributed by atoms with E-state index >= 15 is 0 Å². The van der Waals surface area contributed by atoms with Crippen molar-refractivity contribution >= 4 is 5.71 Å². The standard InChI is InChI=1S/C8H17N3O/c1-3-11-5-7(4-9)8(6-11)10-12-2/h7H,3-6,9H2,1-2H3/b10-8+. The Kier molecular flexibility index (Phi) is 3.49. The molecule has 4 heteroatoms. The van der Waals surface area contributed by atoms with Crippen molar-refractivity contribution in [3.05, 3.63) is 0 Å². The number of likely N-dealkylation sites (tertiary alicyclic amines) is 1. The van der Waals surface area contributed by atoms with Crippen molar-refractivity contribution in [2.24, 2.45) is 16.8 Å². The van der Waals surface area contributed by atoms with Crippen molar-refractivity contribution in [2.45, 2.75) is 6.92 Å². The smallest absolute Gasteiger partial charge is 0.106 e. The number of oxime groups is 1. The second-order valence-corrected chi connectivity index (χ2v) is 3.03. The zero-order chi connectivity index (χ0) is 8.97. The Labute approximate surface area is 73.4 Å². The lowest BCUT2D eigenvalue weighted by molar-refractivity contribution is 0.211. The van der Waals surface area contributed by atoms with E-state index in [4.69, 9.17) is 10.6 Å². The lowest BCUT2D eigenvalue weighted by atomic mass is 10.1. The highest BCUT2D eigenvalue weighted by molar-refractivity contribution is 5.90. The molecule has 12 heavy (non-hydrogen) atoms. The quantitative estimate of drug-likeness (QED) is 0.603. The van der Waals surface area contributed by atoms with Gasteiger partial charge in [0.15, 0.2) is 0 Å². The molecule has 0 spiro atoms. The van der Waals surface area contributed by atoms with Crippen LogP contribution in [0.25, 0.3) is 0 Å². The molecule has 1 rings (SSSR count). The summed E-state index contributed by atoms with van der Waals surface area (Å²) in [5.41, 5.74) is 6.69. The first-order valence-corrected chi connectivity index (χ1v) is 4.34. The van der Waals surface area contributed by atoms with Crippen LogP contribution in [0.1, 0.15) is 6.92 Å². The van der Waals surface area contributed by atoms with E-state index in [1.54, 1.807) is 7.11 Å². The predicted octanol–water partition coefficient (Wildman–Crippen LogP) is -0.101. The minimum absolute atomic E-state index is 0.393. The number of hydrogen-bond donors (Lipinski definition) is 1. The third-order valence-electron chi connectivity index (χ3n) is 2.28. The molecule has 0 aliphatic carbocycles. The Morgan fingerprint density at radius 3 is 3.00 bits per heavy atom. The number of hydrogen-bond acceptors (Lipinski definition) is 4. The minimum atomic E-state index is 0.393. The van der Waals surface area contributed by atoms with E-state index in [2.05, 4.69) is 17.0 Å². The van der Waals surface area contributed by atoms with Crippen LogP contribution < -0.4 is 5.73 Å². The van der Waals surface area contributed by atoms with Gasteiger partial charge in [0, 0.05) is 25.6 Å². The zero-order valence-electron chi connectivity index (χ0n) is 7.79. The summed E-state index contributed by atoms with van der Waals surface area (Å²) < 4.78 is 0. The molecule has 0 aromatic rings. The van der Waals surface area contributed by atoms with Crippen LogP contribution in [-0.2, 0) is 4.84 Å². The molecule has 0 saturated carbocycles. The van der Waals surface area contributed by atoms with Gasteiger partial charge in [-0.1, -0.05) is 12.1 Å². The molecule has 1 fully saturated rings. The van der Waals surface area contributed by atoms with Gasteiger partial charge in [-0.25, -0.2) is 0 Å². The van der Waals surface area contributed by atoms with Gasteiger partial charge in [0.2, 0.25) is 0 Å². The molecular formula is C8H17N3O. The third-order valence-corrected chi connectivity index (χ3v) is 2.28. The molecular weight excluding hydrogens is 154 g/mol. The second-order valence-electron chi connectivity index (χ2n) is 3.03. The number of nitrogens with two attached hydrogens (primary N) is 1. The van der Waals surface area contributed by atoms with Gasteiger partial charge in [0.25, 0.3) is 0 Å². The van der Waals surface area contributed by atoms with Crippen molar-refractivity contribution in [1.29, 1.82) is 0 Å². The Balaban J connectivity index is 2.56. The summed E-state index contributed by atoms with van der Waals surface area (Å²) in [5.74, 6) is 0.393. The molecule has 0 bridgehead atoms. The topological polar surface area (TPSA) is 50.8 Å². The molecule has 70 valence electrons. The van der Waals surface area contributed by atoms with Gasteiger partial charge in [0.1, 0.15) is 7.11 Å². The van der Waals surface area contributed by atoms with Crippen LogP contribution in [0.15, 0.2) is 5.16 Å². The van der Waals surface area contributed by atoms with E-state index in [-0.39, 0.29) is 0 Å². The van der Waals surface area contributed by atoms with Crippen molar-refractivity contribution in [2.75, 3.05) is 33.3 Å². The van der Waals surface area contributed by atoms with Gasteiger partial charge >= 0.3 is 0 Å². The Hall–Kier alpha value is -0.610. The van der Waals surface area contributed by atoms with E-state index in [1.165, 1.54) is 0 Å². The summed E-state index contributed by atoms with van der Waals surface area (Å²) in [6.45, 7) is 5.79. The van der Waals surface area contributed by atoms with Crippen LogP contribution >= 0.6 is 0 Å².